The Morgan fingerprint density at radius 1 is 1.29 bits per heavy atom. The van der Waals surface area contributed by atoms with Crippen molar-refractivity contribution < 1.29 is 19.0 Å². The summed E-state index contributed by atoms with van der Waals surface area (Å²) in [6, 6.07) is 6.99. The predicted octanol–water partition coefficient (Wildman–Crippen LogP) is 3.82. The number of esters is 1. The van der Waals surface area contributed by atoms with Crippen LogP contribution in [0.25, 0.3) is 0 Å². The van der Waals surface area contributed by atoms with Crippen molar-refractivity contribution in [2.24, 2.45) is 10.7 Å². The minimum absolute atomic E-state index is 0.255. The average Bonchev–Trinajstić information content (AvgIpc) is 3.03. The Labute approximate surface area is 186 Å². The van der Waals surface area contributed by atoms with E-state index in [0.29, 0.717) is 46.1 Å². The van der Waals surface area contributed by atoms with Gasteiger partial charge in [-0.3, -0.25) is 4.90 Å². The minimum Gasteiger partial charge on any atom is -0.490 e. The number of amidine groups is 1. The monoisotopic (exact) mass is 442 g/mol. The van der Waals surface area contributed by atoms with Crippen molar-refractivity contribution >= 4 is 22.9 Å². The molecule has 0 radical (unpaired) electrons. The molecular formula is C22H26N4O4S. The number of carbonyl (C=O) groups excluding carboxylic acids is 1. The molecule has 0 saturated heterocycles. The van der Waals surface area contributed by atoms with Gasteiger partial charge in [0.1, 0.15) is 16.8 Å². The van der Waals surface area contributed by atoms with E-state index in [1.165, 1.54) is 11.8 Å². The van der Waals surface area contributed by atoms with Crippen LogP contribution < -0.4 is 15.2 Å². The summed E-state index contributed by atoms with van der Waals surface area (Å²) in [5.74, 6) is 0.956. The lowest BCUT2D eigenvalue weighted by Gasteiger charge is -2.35. The zero-order chi connectivity index (χ0) is 22.7. The van der Waals surface area contributed by atoms with E-state index in [4.69, 9.17) is 19.9 Å². The predicted molar refractivity (Wildman–Crippen MR) is 119 cm³/mol. The molecule has 31 heavy (non-hydrogen) atoms. The highest BCUT2D eigenvalue weighted by molar-refractivity contribution is 8.17. The van der Waals surface area contributed by atoms with Gasteiger partial charge in [0.2, 0.25) is 0 Å². The summed E-state index contributed by atoms with van der Waals surface area (Å²) in [5, 5.41) is 10.0. The normalized spacial score (nSPS) is 18.0. The molecule has 2 N–H and O–H groups in total. The fraction of sp³-hybridized carbons (Fsp3) is 0.409. The smallest absolute Gasteiger partial charge is 0.338 e. The van der Waals surface area contributed by atoms with E-state index in [2.05, 4.69) is 11.1 Å². The molecule has 1 aromatic carbocycles. The number of fused-ring (bicyclic) bond motifs is 1. The van der Waals surface area contributed by atoms with Gasteiger partial charge in [0, 0.05) is 0 Å². The Morgan fingerprint density at radius 3 is 2.58 bits per heavy atom. The first-order chi connectivity index (χ1) is 14.8. The number of nitrogens with zero attached hydrogens (tertiary/aromatic N) is 3. The molecule has 0 aromatic heterocycles. The summed E-state index contributed by atoms with van der Waals surface area (Å²) in [4.78, 5) is 19.7. The first kappa shape index (κ1) is 22.6. The third-order valence-corrected chi connectivity index (χ3v) is 5.60. The van der Waals surface area contributed by atoms with Gasteiger partial charge in [0.05, 0.1) is 36.6 Å². The zero-order valence-corrected chi connectivity index (χ0v) is 19.1. The summed E-state index contributed by atoms with van der Waals surface area (Å²) < 4.78 is 17.0. The Balaban J connectivity index is 2.18. The largest absolute Gasteiger partial charge is 0.490 e. The summed E-state index contributed by atoms with van der Waals surface area (Å²) in [6.45, 7) is 10.1. The molecule has 1 aromatic rings. The van der Waals surface area contributed by atoms with Crippen molar-refractivity contribution in [2.45, 2.75) is 46.8 Å². The highest BCUT2D eigenvalue weighted by Gasteiger charge is 2.43. The van der Waals surface area contributed by atoms with Crippen LogP contribution in [0.5, 0.6) is 11.5 Å². The maximum atomic E-state index is 13.1. The molecule has 0 amide bonds. The zero-order valence-electron chi connectivity index (χ0n) is 18.3. The lowest BCUT2D eigenvalue weighted by molar-refractivity contribution is -0.143. The standard InChI is InChI=1S/C22H26N4O4S/c1-6-28-15-9-8-14(10-16(15)29-7-2)19-18(21(27)30-12(3)4)13(5)25-22-26(19)20(24)17(11-23)31-22/h8-10,12,19H,6-7,24H2,1-5H3/t19-/m1/s1. The molecule has 0 aliphatic carbocycles. The lowest BCUT2D eigenvalue weighted by atomic mass is 9.94. The van der Waals surface area contributed by atoms with Crippen LogP contribution in [0.15, 0.2) is 45.2 Å². The van der Waals surface area contributed by atoms with E-state index >= 15 is 0 Å². The second-order valence-electron chi connectivity index (χ2n) is 7.12. The number of nitriles is 1. The highest BCUT2D eigenvalue weighted by atomic mass is 32.2. The molecule has 2 heterocycles. The minimum atomic E-state index is -0.619. The summed E-state index contributed by atoms with van der Waals surface area (Å²) in [5.41, 5.74) is 7.94. The van der Waals surface area contributed by atoms with E-state index in [-0.39, 0.29) is 11.9 Å². The molecule has 1 atom stereocenters. The number of hydrogen-bond acceptors (Lipinski definition) is 9. The van der Waals surface area contributed by atoms with Crippen LogP contribution in [0.4, 0.5) is 0 Å². The first-order valence-electron chi connectivity index (χ1n) is 10.1. The molecule has 2 aliphatic heterocycles. The molecule has 0 saturated carbocycles. The molecular weight excluding hydrogens is 416 g/mol. The van der Waals surface area contributed by atoms with Crippen LogP contribution in [0.3, 0.4) is 0 Å². The van der Waals surface area contributed by atoms with Crippen molar-refractivity contribution in [3.05, 3.63) is 45.8 Å². The number of ether oxygens (including phenoxy) is 3. The SMILES string of the molecule is CCOc1ccc([C@@H]2C(C(=O)OC(C)C)=C(C)N=C3SC(C#N)=C(N)N32)cc1OCC. The number of aliphatic imine (C=N–C) groups is 1. The molecule has 164 valence electrons. The molecule has 3 rings (SSSR count). The van der Waals surface area contributed by atoms with Gasteiger partial charge < -0.3 is 19.9 Å². The fourth-order valence-corrected chi connectivity index (χ4v) is 4.35. The van der Waals surface area contributed by atoms with Gasteiger partial charge in [-0.05, 0) is 64.1 Å². The number of hydrogen-bond donors (Lipinski definition) is 1. The maximum Gasteiger partial charge on any atom is 0.338 e. The third kappa shape index (κ3) is 4.35. The first-order valence-corrected chi connectivity index (χ1v) is 10.9. The van der Waals surface area contributed by atoms with E-state index in [1.54, 1.807) is 25.7 Å². The molecule has 8 nitrogen and oxygen atoms in total. The van der Waals surface area contributed by atoms with Gasteiger partial charge in [-0.15, -0.1) is 0 Å². The quantitative estimate of drug-likeness (QED) is 0.635. The van der Waals surface area contributed by atoms with Gasteiger partial charge in [-0.1, -0.05) is 6.07 Å². The van der Waals surface area contributed by atoms with E-state index in [1.807, 2.05) is 32.0 Å². The average molecular weight is 443 g/mol. The van der Waals surface area contributed by atoms with Crippen molar-refractivity contribution in [3.8, 4) is 17.6 Å². The second-order valence-corrected chi connectivity index (χ2v) is 8.10. The maximum absolute atomic E-state index is 13.1. The fourth-order valence-electron chi connectivity index (χ4n) is 3.43. The number of allylic oxidation sites excluding steroid dienone is 2. The Hall–Kier alpha value is -3.12. The Morgan fingerprint density at radius 2 is 1.97 bits per heavy atom. The second kappa shape index (κ2) is 9.35. The van der Waals surface area contributed by atoms with Gasteiger partial charge in [-0.2, -0.15) is 5.26 Å². The summed E-state index contributed by atoms with van der Waals surface area (Å²) >= 11 is 1.19. The Kier molecular flexibility index (Phi) is 6.81. The van der Waals surface area contributed by atoms with Crippen LogP contribution in [0.2, 0.25) is 0 Å². The molecule has 0 bridgehead atoms. The van der Waals surface area contributed by atoms with Crippen LogP contribution >= 0.6 is 11.8 Å². The number of rotatable bonds is 7. The van der Waals surface area contributed by atoms with Crippen molar-refractivity contribution in [1.29, 1.82) is 5.26 Å². The van der Waals surface area contributed by atoms with E-state index in [9.17, 15) is 10.1 Å². The number of carbonyl (C=O) groups is 1. The number of thioether (sulfide) groups is 1. The van der Waals surface area contributed by atoms with Gasteiger partial charge in [-0.25, -0.2) is 9.79 Å². The van der Waals surface area contributed by atoms with Gasteiger partial charge >= 0.3 is 5.97 Å². The van der Waals surface area contributed by atoms with Crippen LogP contribution in [-0.2, 0) is 9.53 Å². The Bertz CT molecular complexity index is 1020. The molecule has 0 spiro atoms. The topological polar surface area (TPSA) is 110 Å². The summed E-state index contributed by atoms with van der Waals surface area (Å²) in [7, 11) is 0. The van der Waals surface area contributed by atoms with Gasteiger partial charge in [0.25, 0.3) is 0 Å². The summed E-state index contributed by atoms with van der Waals surface area (Å²) in [6.07, 6.45) is -0.298. The van der Waals surface area contributed by atoms with E-state index in [0.717, 1.165) is 5.56 Å². The van der Waals surface area contributed by atoms with Crippen LogP contribution in [0.1, 0.15) is 46.2 Å². The molecule has 2 aliphatic rings. The van der Waals surface area contributed by atoms with Gasteiger partial charge in [0.15, 0.2) is 16.7 Å². The molecule has 9 heteroatoms. The van der Waals surface area contributed by atoms with Crippen LogP contribution in [0, 0.1) is 11.3 Å². The highest BCUT2D eigenvalue weighted by Crippen LogP contribution is 2.46. The van der Waals surface area contributed by atoms with Crippen molar-refractivity contribution in [2.75, 3.05) is 13.2 Å². The van der Waals surface area contributed by atoms with Crippen molar-refractivity contribution in [3.63, 3.8) is 0 Å². The van der Waals surface area contributed by atoms with E-state index < -0.39 is 12.0 Å². The third-order valence-electron chi connectivity index (χ3n) is 4.62. The molecule has 0 unspecified atom stereocenters. The molecule has 0 fully saturated rings. The number of benzene rings is 1. The van der Waals surface area contributed by atoms with Crippen molar-refractivity contribution in [1.82, 2.24) is 4.90 Å². The lowest BCUT2D eigenvalue weighted by Crippen LogP contribution is -2.39. The van der Waals surface area contributed by atoms with Crippen LogP contribution in [-0.4, -0.2) is 35.4 Å². The number of nitrogens with two attached hydrogens (primary N) is 1.